The van der Waals surface area contributed by atoms with E-state index < -0.39 is 17.2 Å². The number of rotatable bonds is 5. The van der Waals surface area contributed by atoms with Crippen LogP contribution in [0.15, 0.2) is 31.3 Å². The average Bonchev–Trinajstić information content (AvgIpc) is 2.53. The number of halogens is 1. The van der Waals surface area contributed by atoms with Crippen molar-refractivity contribution in [2.45, 2.75) is 6.42 Å². The molecule has 0 spiro atoms. The molecule has 24 heavy (non-hydrogen) atoms. The number of hydrogen-bond donors (Lipinski definition) is 4. The number of carbonyl (C=O) groups is 1. The maximum absolute atomic E-state index is 11.7. The molecule has 0 aliphatic heterocycles. The first-order chi connectivity index (χ1) is 11.4. The lowest BCUT2D eigenvalue weighted by Gasteiger charge is -2.06. The molecule has 0 unspecified atom stereocenters. The van der Waals surface area contributed by atoms with Crippen molar-refractivity contribution >= 4 is 28.1 Å². The maximum Gasteiger partial charge on any atom is 0.342 e. The highest BCUT2D eigenvalue weighted by atomic mass is 79.9. The number of methoxy groups -OCH3 is 1. The van der Waals surface area contributed by atoms with Crippen molar-refractivity contribution in [3.05, 3.63) is 48.7 Å². The van der Waals surface area contributed by atoms with Crippen LogP contribution in [0.4, 0.5) is 0 Å². The molecule has 4 N–H and O–H groups in total. The second kappa shape index (κ2) is 7.55. The molecule has 126 valence electrons. The third-order valence-electron chi connectivity index (χ3n) is 2.78. The Morgan fingerprint density at radius 1 is 1.50 bits per heavy atom. The summed E-state index contributed by atoms with van der Waals surface area (Å²) in [6, 6.07) is 3.09. The van der Waals surface area contributed by atoms with Gasteiger partial charge in [0.1, 0.15) is 5.69 Å². The number of nitrogens with one attached hydrogen (secondary N) is 3. The molecular formula is C13H12BrN5O5. The van der Waals surface area contributed by atoms with Crippen LogP contribution in [0, 0.1) is 0 Å². The summed E-state index contributed by atoms with van der Waals surface area (Å²) in [6.07, 6.45) is 0.973. The Morgan fingerprint density at radius 3 is 2.92 bits per heavy atom. The first-order valence-electron chi connectivity index (χ1n) is 6.47. The van der Waals surface area contributed by atoms with Gasteiger partial charge < -0.3 is 9.84 Å². The summed E-state index contributed by atoms with van der Waals surface area (Å²) in [7, 11) is 1.40. The van der Waals surface area contributed by atoms with E-state index in [0.717, 1.165) is 0 Å². The van der Waals surface area contributed by atoms with Crippen molar-refractivity contribution < 1.29 is 14.6 Å². The van der Waals surface area contributed by atoms with E-state index in [4.69, 9.17) is 4.74 Å². The van der Waals surface area contributed by atoms with Gasteiger partial charge in [-0.05, 0) is 33.6 Å². The molecular weight excluding hydrogens is 386 g/mol. The Balaban J connectivity index is 2.03. The van der Waals surface area contributed by atoms with Crippen LogP contribution < -0.4 is 21.4 Å². The minimum Gasteiger partial charge on any atom is -0.503 e. The highest BCUT2D eigenvalue weighted by molar-refractivity contribution is 9.10. The monoisotopic (exact) mass is 397 g/mol. The van der Waals surface area contributed by atoms with Crippen molar-refractivity contribution in [3.8, 4) is 11.5 Å². The minimum absolute atomic E-state index is 0.0537. The number of aromatic nitrogens is 3. The Morgan fingerprint density at radius 2 is 2.25 bits per heavy atom. The lowest BCUT2D eigenvalue weighted by Crippen LogP contribution is -2.31. The Labute approximate surface area is 142 Å². The van der Waals surface area contributed by atoms with Gasteiger partial charge in [0.15, 0.2) is 11.5 Å². The molecule has 2 rings (SSSR count). The molecule has 10 nitrogen and oxygen atoms in total. The van der Waals surface area contributed by atoms with Gasteiger partial charge in [-0.1, -0.05) is 0 Å². The summed E-state index contributed by atoms with van der Waals surface area (Å²) in [5.74, 6) is -0.413. The minimum atomic E-state index is -0.756. The van der Waals surface area contributed by atoms with Gasteiger partial charge in [-0.15, -0.1) is 0 Å². The Hall–Kier alpha value is -2.95. The number of phenolic OH excluding ortho intramolecular Hbond substituents is 1. The van der Waals surface area contributed by atoms with E-state index in [2.05, 4.69) is 31.6 Å². The van der Waals surface area contributed by atoms with Crippen LogP contribution in [0.25, 0.3) is 0 Å². The molecule has 0 saturated heterocycles. The van der Waals surface area contributed by atoms with Gasteiger partial charge in [0.25, 0.3) is 5.56 Å². The number of aromatic hydroxyl groups is 1. The predicted octanol–water partition coefficient (Wildman–Crippen LogP) is -0.372. The van der Waals surface area contributed by atoms with E-state index in [0.29, 0.717) is 10.0 Å². The molecule has 1 heterocycles. The van der Waals surface area contributed by atoms with E-state index in [1.54, 1.807) is 6.07 Å². The van der Waals surface area contributed by atoms with Gasteiger partial charge in [0.05, 0.1) is 24.2 Å². The summed E-state index contributed by atoms with van der Waals surface area (Å²) in [5.41, 5.74) is 1.13. The molecule has 2 aromatic rings. The molecule has 1 aromatic heterocycles. The van der Waals surface area contributed by atoms with Crippen LogP contribution in [-0.4, -0.2) is 39.5 Å². The number of amides is 1. The fourth-order valence-electron chi connectivity index (χ4n) is 1.69. The second-order valence-corrected chi connectivity index (χ2v) is 5.33. The summed E-state index contributed by atoms with van der Waals surface area (Å²) >= 11 is 3.16. The molecule has 1 aromatic carbocycles. The number of ether oxygens (including phenoxy) is 1. The van der Waals surface area contributed by atoms with Crippen LogP contribution in [-0.2, 0) is 11.2 Å². The number of phenols is 1. The van der Waals surface area contributed by atoms with Gasteiger partial charge in [-0.2, -0.15) is 10.2 Å². The standard InChI is InChI=1S/C13H12BrN5O5/c1-24-9-3-6(2-7(14)11(9)21)5-15-18-10(20)4-8-12(22)16-13(23)19-17-8/h2-3,5,21H,4H2,1H3,(H,18,20)(H2,16,19,22,23)/b15-5+. The fraction of sp³-hybridized carbons (Fsp3) is 0.154. The van der Waals surface area contributed by atoms with Gasteiger partial charge in [0.2, 0.25) is 5.91 Å². The molecule has 11 heteroatoms. The Bertz CT molecular complexity index is 904. The quantitative estimate of drug-likeness (QED) is 0.399. The average molecular weight is 398 g/mol. The van der Waals surface area contributed by atoms with Crippen LogP contribution in [0.3, 0.4) is 0 Å². The normalized spacial score (nSPS) is 10.8. The molecule has 0 fully saturated rings. The molecule has 0 saturated carbocycles. The number of H-pyrrole nitrogens is 2. The number of nitrogens with zero attached hydrogens (tertiary/aromatic N) is 2. The zero-order valence-corrected chi connectivity index (χ0v) is 13.9. The van der Waals surface area contributed by atoms with E-state index in [1.807, 2.05) is 10.1 Å². The molecule has 0 radical (unpaired) electrons. The zero-order chi connectivity index (χ0) is 17.7. The first-order valence-corrected chi connectivity index (χ1v) is 7.26. The molecule has 0 bridgehead atoms. The van der Waals surface area contributed by atoms with Crippen molar-refractivity contribution in [2.24, 2.45) is 5.10 Å². The van der Waals surface area contributed by atoms with Gasteiger partial charge >= 0.3 is 5.69 Å². The predicted molar refractivity (Wildman–Crippen MR) is 87.3 cm³/mol. The Kier molecular flexibility index (Phi) is 5.47. The molecule has 1 amide bonds. The number of hydrogen-bond acceptors (Lipinski definition) is 7. The third kappa shape index (κ3) is 4.29. The van der Waals surface area contributed by atoms with Crippen LogP contribution in [0.5, 0.6) is 11.5 Å². The largest absolute Gasteiger partial charge is 0.503 e. The number of carbonyl (C=O) groups excluding carboxylic acids is 1. The van der Waals surface area contributed by atoms with Crippen molar-refractivity contribution in [1.82, 2.24) is 20.6 Å². The smallest absolute Gasteiger partial charge is 0.342 e. The number of benzene rings is 1. The van der Waals surface area contributed by atoms with Crippen molar-refractivity contribution in [3.63, 3.8) is 0 Å². The van der Waals surface area contributed by atoms with Crippen molar-refractivity contribution in [1.29, 1.82) is 0 Å². The van der Waals surface area contributed by atoms with Crippen molar-refractivity contribution in [2.75, 3.05) is 7.11 Å². The zero-order valence-electron chi connectivity index (χ0n) is 12.3. The molecule has 0 aliphatic carbocycles. The summed E-state index contributed by atoms with van der Waals surface area (Å²) in [5, 5.41) is 18.9. The second-order valence-electron chi connectivity index (χ2n) is 4.48. The van der Waals surface area contributed by atoms with E-state index >= 15 is 0 Å². The van der Waals surface area contributed by atoms with E-state index in [1.165, 1.54) is 19.4 Å². The lowest BCUT2D eigenvalue weighted by molar-refractivity contribution is -0.120. The SMILES string of the molecule is COc1cc(/C=N/NC(=O)Cc2n[nH]c(=O)[nH]c2=O)cc(Br)c1O. The highest BCUT2D eigenvalue weighted by Gasteiger charge is 2.09. The van der Waals surface area contributed by atoms with E-state index in [9.17, 15) is 19.5 Å². The van der Waals surface area contributed by atoms with Gasteiger partial charge in [-0.3, -0.25) is 14.6 Å². The van der Waals surface area contributed by atoms with Crippen LogP contribution in [0.2, 0.25) is 0 Å². The van der Waals surface area contributed by atoms with Crippen LogP contribution in [0.1, 0.15) is 11.3 Å². The first kappa shape index (κ1) is 17.4. The number of aromatic amines is 2. The fourth-order valence-corrected chi connectivity index (χ4v) is 2.15. The third-order valence-corrected chi connectivity index (χ3v) is 3.39. The summed E-state index contributed by atoms with van der Waals surface area (Å²) in [6.45, 7) is 0. The van der Waals surface area contributed by atoms with Crippen LogP contribution >= 0.6 is 15.9 Å². The molecule has 0 atom stereocenters. The number of hydrazone groups is 1. The van der Waals surface area contributed by atoms with Gasteiger partial charge in [0, 0.05) is 0 Å². The lowest BCUT2D eigenvalue weighted by atomic mass is 10.2. The highest BCUT2D eigenvalue weighted by Crippen LogP contribution is 2.34. The maximum atomic E-state index is 11.7. The summed E-state index contributed by atoms with van der Waals surface area (Å²) < 4.78 is 5.39. The van der Waals surface area contributed by atoms with Gasteiger partial charge in [-0.25, -0.2) is 15.3 Å². The summed E-state index contributed by atoms with van der Waals surface area (Å²) in [4.78, 5) is 35.9. The van der Waals surface area contributed by atoms with E-state index in [-0.39, 0.29) is 23.6 Å². The topological polar surface area (TPSA) is 150 Å². The molecule has 0 aliphatic rings.